The Labute approximate surface area is 176 Å². The van der Waals surface area contributed by atoms with Gasteiger partial charge in [-0.15, -0.1) is 0 Å². The Bertz CT molecular complexity index is 802. The average molecular weight is 419 g/mol. The van der Waals surface area contributed by atoms with Crippen LogP contribution in [-0.4, -0.2) is 74.5 Å². The average Bonchev–Trinajstić information content (AvgIpc) is 3.07. The number of rotatable bonds is 2. The number of likely N-dealkylation sites (tertiary alicyclic amines) is 2. The van der Waals surface area contributed by atoms with Gasteiger partial charge in [0.25, 0.3) is 0 Å². The van der Waals surface area contributed by atoms with Gasteiger partial charge < -0.3 is 19.3 Å². The first-order valence-corrected chi connectivity index (χ1v) is 10.8. The number of ether oxygens (including phenoxy) is 2. The van der Waals surface area contributed by atoms with Crippen molar-refractivity contribution in [1.29, 1.82) is 0 Å². The zero-order valence-electron chi connectivity index (χ0n) is 17.7. The first-order chi connectivity index (χ1) is 14.5. The molecule has 1 aromatic carbocycles. The highest BCUT2D eigenvalue weighted by Crippen LogP contribution is 2.48. The van der Waals surface area contributed by atoms with E-state index in [-0.39, 0.29) is 17.3 Å². The second kappa shape index (κ2) is 8.41. The summed E-state index contributed by atoms with van der Waals surface area (Å²) in [4.78, 5) is 30.1. The van der Waals surface area contributed by atoms with Crippen LogP contribution in [0.25, 0.3) is 0 Å². The molecule has 1 spiro atoms. The van der Waals surface area contributed by atoms with Gasteiger partial charge in [-0.2, -0.15) is 0 Å². The van der Waals surface area contributed by atoms with Crippen LogP contribution in [0.1, 0.15) is 38.2 Å². The van der Waals surface area contributed by atoms with E-state index in [1.165, 1.54) is 13.2 Å². The Kier molecular flexibility index (Phi) is 5.86. The molecule has 30 heavy (non-hydrogen) atoms. The molecule has 1 aromatic rings. The number of amides is 2. The Morgan fingerprint density at radius 1 is 1.13 bits per heavy atom. The molecule has 3 aliphatic rings. The summed E-state index contributed by atoms with van der Waals surface area (Å²) in [6.45, 7) is 5.99. The number of benzene rings is 1. The summed E-state index contributed by atoms with van der Waals surface area (Å²) >= 11 is 0. The summed E-state index contributed by atoms with van der Waals surface area (Å²) in [5, 5.41) is 0. The summed E-state index contributed by atoms with van der Waals surface area (Å²) in [6.07, 6.45) is 3.00. The highest BCUT2D eigenvalue weighted by molar-refractivity contribution is 5.91. The molecule has 0 aromatic heterocycles. The molecule has 0 saturated carbocycles. The van der Waals surface area contributed by atoms with Crippen molar-refractivity contribution in [2.75, 3.05) is 51.3 Å². The number of anilines is 1. The molecule has 2 amide bonds. The Morgan fingerprint density at radius 2 is 1.83 bits per heavy atom. The molecule has 2 fully saturated rings. The number of carbonyl (C=O) groups is 2. The van der Waals surface area contributed by atoms with Crippen LogP contribution >= 0.6 is 0 Å². The van der Waals surface area contributed by atoms with Crippen LogP contribution in [0.4, 0.5) is 19.7 Å². The minimum atomic E-state index is -0.395. The molecule has 0 bridgehead atoms. The fourth-order valence-corrected chi connectivity index (χ4v) is 5.29. The van der Waals surface area contributed by atoms with Crippen molar-refractivity contribution in [3.63, 3.8) is 0 Å². The van der Waals surface area contributed by atoms with Gasteiger partial charge >= 0.3 is 12.2 Å². The third-order valence-corrected chi connectivity index (χ3v) is 6.94. The van der Waals surface area contributed by atoms with Crippen molar-refractivity contribution in [2.45, 2.75) is 44.1 Å². The fraction of sp³-hybridized carbons (Fsp3) is 0.636. The van der Waals surface area contributed by atoms with Gasteiger partial charge in [-0.1, -0.05) is 0 Å². The number of hydrogen-bond acceptors (Lipinski definition) is 5. The van der Waals surface area contributed by atoms with Crippen LogP contribution in [0.2, 0.25) is 0 Å². The SMILES string of the molecule is CCOC(=O)N1CCC(N2CCC3(CC2)CN(C(=O)OC)c2ccc(F)cc23)CC1. The van der Waals surface area contributed by atoms with Crippen LogP contribution in [0.3, 0.4) is 0 Å². The maximum Gasteiger partial charge on any atom is 0.414 e. The lowest BCUT2D eigenvalue weighted by atomic mass is 9.74. The third-order valence-electron chi connectivity index (χ3n) is 6.94. The van der Waals surface area contributed by atoms with Gasteiger partial charge in [0, 0.05) is 31.1 Å². The number of methoxy groups -OCH3 is 1. The second-order valence-electron chi connectivity index (χ2n) is 8.45. The van der Waals surface area contributed by atoms with E-state index in [2.05, 4.69) is 4.90 Å². The lowest BCUT2D eigenvalue weighted by Crippen LogP contribution is -2.52. The minimum Gasteiger partial charge on any atom is -0.452 e. The normalized spacial score (nSPS) is 21.6. The summed E-state index contributed by atoms with van der Waals surface area (Å²) < 4.78 is 24.1. The lowest BCUT2D eigenvalue weighted by Gasteiger charge is -2.45. The smallest absolute Gasteiger partial charge is 0.414 e. The highest BCUT2D eigenvalue weighted by Gasteiger charge is 2.47. The number of halogens is 1. The van der Waals surface area contributed by atoms with E-state index >= 15 is 0 Å². The summed E-state index contributed by atoms with van der Waals surface area (Å²) in [7, 11) is 1.38. The molecule has 0 aliphatic carbocycles. The van der Waals surface area contributed by atoms with E-state index in [4.69, 9.17) is 9.47 Å². The lowest BCUT2D eigenvalue weighted by molar-refractivity contribution is 0.0578. The van der Waals surface area contributed by atoms with Crippen LogP contribution in [-0.2, 0) is 14.9 Å². The highest BCUT2D eigenvalue weighted by atomic mass is 19.1. The zero-order chi connectivity index (χ0) is 21.3. The third kappa shape index (κ3) is 3.73. The predicted octanol–water partition coefficient (Wildman–Crippen LogP) is 3.37. The Morgan fingerprint density at radius 3 is 2.47 bits per heavy atom. The molecule has 4 rings (SSSR count). The zero-order valence-corrected chi connectivity index (χ0v) is 17.7. The van der Waals surface area contributed by atoms with Crippen molar-refractivity contribution < 1.29 is 23.5 Å². The van der Waals surface area contributed by atoms with Crippen LogP contribution in [0.15, 0.2) is 18.2 Å². The molecule has 0 atom stereocenters. The van der Waals surface area contributed by atoms with Gasteiger partial charge in [-0.05, 0) is 69.5 Å². The standard InChI is InChI=1S/C22H30FN3O4/c1-3-30-20(27)25-10-6-17(7-11-25)24-12-8-22(9-13-24)15-26(21(28)29-2)19-5-4-16(23)14-18(19)22/h4-5,14,17H,3,6-13,15H2,1-2H3. The first kappa shape index (κ1) is 20.9. The Hall–Kier alpha value is -2.35. The van der Waals surface area contributed by atoms with E-state index in [1.807, 2.05) is 6.92 Å². The molecule has 0 unspecified atom stereocenters. The van der Waals surface area contributed by atoms with Crippen LogP contribution in [0.5, 0.6) is 0 Å². The number of fused-ring (bicyclic) bond motifs is 2. The predicted molar refractivity (Wildman–Crippen MR) is 110 cm³/mol. The van der Waals surface area contributed by atoms with Gasteiger partial charge in [0.2, 0.25) is 0 Å². The molecular formula is C22H30FN3O4. The fourth-order valence-electron chi connectivity index (χ4n) is 5.29. The molecule has 3 heterocycles. The van der Waals surface area contributed by atoms with Crippen molar-refractivity contribution in [1.82, 2.24) is 9.80 Å². The topological polar surface area (TPSA) is 62.3 Å². The van der Waals surface area contributed by atoms with Gasteiger partial charge in [-0.3, -0.25) is 4.90 Å². The molecular weight excluding hydrogens is 389 g/mol. The summed E-state index contributed by atoms with van der Waals surface area (Å²) in [5.41, 5.74) is 1.46. The molecule has 2 saturated heterocycles. The van der Waals surface area contributed by atoms with Crippen molar-refractivity contribution in [3.8, 4) is 0 Å². The minimum absolute atomic E-state index is 0.221. The van der Waals surface area contributed by atoms with E-state index in [0.717, 1.165) is 63.1 Å². The van der Waals surface area contributed by atoms with Gasteiger partial charge in [0.15, 0.2) is 0 Å². The van der Waals surface area contributed by atoms with Gasteiger partial charge in [-0.25, -0.2) is 14.0 Å². The van der Waals surface area contributed by atoms with Crippen molar-refractivity contribution >= 4 is 17.9 Å². The molecule has 7 nitrogen and oxygen atoms in total. The van der Waals surface area contributed by atoms with E-state index < -0.39 is 6.09 Å². The summed E-state index contributed by atoms with van der Waals surface area (Å²) in [5.74, 6) is -0.270. The van der Waals surface area contributed by atoms with Gasteiger partial charge in [0.1, 0.15) is 5.82 Å². The van der Waals surface area contributed by atoms with E-state index in [9.17, 15) is 14.0 Å². The van der Waals surface area contributed by atoms with E-state index in [1.54, 1.807) is 21.9 Å². The second-order valence-corrected chi connectivity index (χ2v) is 8.45. The maximum absolute atomic E-state index is 14.0. The molecule has 0 radical (unpaired) electrons. The molecule has 0 N–H and O–H groups in total. The van der Waals surface area contributed by atoms with Crippen LogP contribution < -0.4 is 4.90 Å². The molecule has 164 valence electrons. The largest absolute Gasteiger partial charge is 0.452 e. The maximum atomic E-state index is 14.0. The number of carbonyl (C=O) groups excluding carboxylic acids is 2. The van der Waals surface area contributed by atoms with Crippen LogP contribution in [0, 0.1) is 5.82 Å². The van der Waals surface area contributed by atoms with Crippen molar-refractivity contribution in [3.05, 3.63) is 29.6 Å². The van der Waals surface area contributed by atoms with E-state index in [0.29, 0.717) is 19.2 Å². The van der Waals surface area contributed by atoms with Crippen molar-refractivity contribution in [2.24, 2.45) is 0 Å². The quantitative estimate of drug-likeness (QED) is 0.736. The van der Waals surface area contributed by atoms with Gasteiger partial charge in [0.05, 0.1) is 19.4 Å². The monoisotopic (exact) mass is 419 g/mol. The molecule has 8 heteroatoms. The molecule has 3 aliphatic heterocycles. The number of hydrogen-bond donors (Lipinski definition) is 0. The number of piperidine rings is 2. The number of nitrogens with zero attached hydrogens (tertiary/aromatic N) is 3. The summed E-state index contributed by atoms with van der Waals surface area (Å²) in [6, 6.07) is 5.12. The Balaban J connectivity index is 1.42. The first-order valence-electron chi connectivity index (χ1n) is 10.8.